The molecule has 2 aliphatic carbocycles. The van der Waals surface area contributed by atoms with Crippen molar-refractivity contribution in [3.8, 4) is 0 Å². The van der Waals surface area contributed by atoms with E-state index in [0.717, 1.165) is 5.92 Å². The van der Waals surface area contributed by atoms with Gasteiger partial charge in [-0.3, -0.25) is 0 Å². The number of rotatable bonds is 0. The highest BCUT2D eigenvalue weighted by atomic mass is 14.5. The normalized spacial score (nSPS) is 33.9. The Bertz CT molecular complexity index is 302. The fourth-order valence-corrected chi connectivity index (χ4v) is 3.07. The van der Waals surface area contributed by atoms with Crippen LogP contribution >= 0.6 is 0 Å². The average molecular weight is 190 g/mol. The predicted molar refractivity (Wildman–Crippen MR) is 62.1 cm³/mol. The molecule has 0 heterocycles. The maximum Gasteiger partial charge on any atom is -0.0103 e. The van der Waals surface area contributed by atoms with Gasteiger partial charge in [0.05, 0.1) is 0 Å². The lowest BCUT2D eigenvalue weighted by Crippen LogP contribution is -2.36. The van der Waals surface area contributed by atoms with Crippen LogP contribution in [0.1, 0.15) is 47.0 Å². The summed E-state index contributed by atoms with van der Waals surface area (Å²) in [6, 6.07) is 0. The molecule has 0 aliphatic heterocycles. The number of allylic oxidation sites excluding steroid dienone is 3. The van der Waals surface area contributed by atoms with Crippen molar-refractivity contribution in [2.75, 3.05) is 0 Å². The Kier molecular flexibility index (Phi) is 1.96. The quantitative estimate of drug-likeness (QED) is 0.533. The summed E-state index contributed by atoms with van der Waals surface area (Å²) >= 11 is 0. The minimum Gasteiger partial charge on any atom is -0.0958 e. The SMILES string of the molecule is C=C1C=C2[C@H](C1)C(C)(C)CCC2(C)C. The van der Waals surface area contributed by atoms with Crippen LogP contribution in [-0.4, -0.2) is 0 Å². The van der Waals surface area contributed by atoms with Crippen molar-refractivity contribution in [1.29, 1.82) is 0 Å². The van der Waals surface area contributed by atoms with Crippen molar-refractivity contribution in [3.05, 3.63) is 23.8 Å². The van der Waals surface area contributed by atoms with Crippen LogP contribution in [0.4, 0.5) is 0 Å². The van der Waals surface area contributed by atoms with E-state index in [4.69, 9.17) is 0 Å². The Labute approximate surface area is 88.1 Å². The Hall–Kier alpha value is -0.520. The van der Waals surface area contributed by atoms with E-state index in [1.807, 2.05) is 0 Å². The van der Waals surface area contributed by atoms with E-state index < -0.39 is 0 Å². The molecule has 0 aromatic heterocycles. The summed E-state index contributed by atoms with van der Waals surface area (Å²) in [5.41, 5.74) is 3.91. The van der Waals surface area contributed by atoms with Crippen LogP contribution in [0.3, 0.4) is 0 Å². The molecule has 0 heteroatoms. The van der Waals surface area contributed by atoms with Gasteiger partial charge in [0.25, 0.3) is 0 Å². The fraction of sp³-hybridized carbons (Fsp3) is 0.714. The van der Waals surface area contributed by atoms with Crippen molar-refractivity contribution < 1.29 is 0 Å². The molecule has 0 nitrogen and oxygen atoms in total. The standard InChI is InChI=1S/C14H22/c1-10-8-11-12(9-10)14(4,5)7-6-13(11,2)3/h8,12H,1,6-7,9H2,2-5H3/t12-/m0/s1. The second kappa shape index (κ2) is 2.74. The highest BCUT2D eigenvalue weighted by Gasteiger charge is 2.45. The molecule has 78 valence electrons. The first-order valence-electron chi connectivity index (χ1n) is 5.73. The second-order valence-electron chi connectivity index (χ2n) is 6.39. The fourth-order valence-electron chi connectivity index (χ4n) is 3.07. The molecule has 0 amide bonds. The lowest BCUT2D eigenvalue weighted by atomic mass is 9.58. The molecule has 2 rings (SSSR count). The molecular weight excluding hydrogens is 168 g/mol. The van der Waals surface area contributed by atoms with Gasteiger partial charge in [0, 0.05) is 0 Å². The summed E-state index contributed by atoms with van der Waals surface area (Å²) in [6.07, 6.45) is 6.25. The lowest BCUT2D eigenvalue weighted by Gasteiger charge is -2.46. The van der Waals surface area contributed by atoms with E-state index in [1.54, 1.807) is 5.57 Å². The minimum atomic E-state index is 0.416. The van der Waals surface area contributed by atoms with Crippen LogP contribution in [0.25, 0.3) is 0 Å². The van der Waals surface area contributed by atoms with Gasteiger partial charge in [-0.05, 0) is 36.0 Å². The molecule has 0 unspecified atom stereocenters. The number of hydrogen-bond donors (Lipinski definition) is 0. The van der Waals surface area contributed by atoms with Crippen molar-refractivity contribution in [3.63, 3.8) is 0 Å². The third-order valence-corrected chi connectivity index (χ3v) is 4.32. The zero-order chi connectivity index (χ0) is 10.6. The van der Waals surface area contributed by atoms with Gasteiger partial charge < -0.3 is 0 Å². The smallest absolute Gasteiger partial charge is 0.0103 e. The van der Waals surface area contributed by atoms with E-state index in [1.165, 1.54) is 24.8 Å². The van der Waals surface area contributed by atoms with Crippen molar-refractivity contribution in [2.45, 2.75) is 47.0 Å². The zero-order valence-corrected chi connectivity index (χ0v) is 9.98. The summed E-state index contributed by atoms with van der Waals surface area (Å²) in [6.45, 7) is 13.7. The van der Waals surface area contributed by atoms with Gasteiger partial charge in [0.15, 0.2) is 0 Å². The third kappa shape index (κ3) is 1.36. The summed E-state index contributed by atoms with van der Waals surface area (Å²) in [7, 11) is 0. The number of hydrogen-bond acceptors (Lipinski definition) is 0. The lowest BCUT2D eigenvalue weighted by molar-refractivity contribution is 0.130. The Morgan fingerprint density at radius 2 is 1.86 bits per heavy atom. The Morgan fingerprint density at radius 3 is 2.43 bits per heavy atom. The highest BCUT2D eigenvalue weighted by Crippen LogP contribution is 2.56. The molecule has 0 aromatic rings. The topological polar surface area (TPSA) is 0 Å². The summed E-state index contributed by atoms with van der Waals surface area (Å²) in [5.74, 6) is 0.763. The molecule has 0 radical (unpaired) electrons. The average Bonchev–Trinajstić information content (AvgIpc) is 2.44. The Balaban J connectivity index is 2.40. The van der Waals surface area contributed by atoms with E-state index in [-0.39, 0.29) is 0 Å². The van der Waals surface area contributed by atoms with E-state index in [2.05, 4.69) is 40.3 Å². The van der Waals surface area contributed by atoms with Crippen LogP contribution in [-0.2, 0) is 0 Å². The van der Waals surface area contributed by atoms with E-state index >= 15 is 0 Å². The highest BCUT2D eigenvalue weighted by molar-refractivity contribution is 5.37. The summed E-state index contributed by atoms with van der Waals surface area (Å²) in [5, 5.41) is 0. The van der Waals surface area contributed by atoms with Gasteiger partial charge in [0.1, 0.15) is 0 Å². The molecule has 0 spiro atoms. The maximum absolute atomic E-state index is 4.13. The van der Waals surface area contributed by atoms with Gasteiger partial charge >= 0.3 is 0 Å². The molecule has 2 aliphatic rings. The van der Waals surface area contributed by atoms with Crippen molar-refractivity contribution in [1.82, 2.24) is 0 Å². The zero-order valence-electron chi connectivity index (χ0n) is 9.98. The molecule has 0 aromatic carbocycles. The molecule has 0 N–H and O–H groups in total. The van der Waals surface area contributed by atoms with Crippen LogP contribution < -0.4 is 0 Å². The molecule has 0 bridgehead atoms. The van der Waals surface area contributed by atoms with Crippen LogP contribution in [0, 0.1) is 16.7 Å². The van der Waals surface area contributed by atoms with Crippen molar-refractivity contribution >= 4 is 0 Å². The van der Waals surface area contributed by atoms with Crippen LogP contribution in [0.2, 0.25) is 0 Å². The summed E-state index contributed by atoms with van der Waals surface area (Å²) in [4.78, 5) is 0. The maximum atomic E-state index is 4.13. The van der Waals surface area contributed by atoms with Gasteiger partial charge in [-0.15, -0.1) is 0 Å². The monoisotopic (exact) mass is 190 g/mol. The molecule has 1 saturated carbocycles. The first-order valence-corrected chi connectivity index (χ1v) is 5.73. The van der Waals surface area contributed by atoms with Crippen molar-refractivity contribution in [2.24, 2.45) is 16.7 Å². The molecule has 14 heavy (non-hydrogen) atoms. The first-order chi connectivity index (χ1) is 6.33. The predicted octanol–water partition coefficient (Wildman–Crippen LogP) is 4.34. The van der Waals surface area contributed by atoms with Crippen LogP contribution in [0.15, 0.2) is 23.8 Å². The van der Waals surface area contributed by atoms with E-state index in [0.29, 0.717) is 10.8 Å². The number of fused-ring (bicyclic) bond motifs is 1. The largest absolute Gasteiger partial charge is 0.0958 e. The molecule has 0 saturated heterocycles. The summed E-state index contributed by atoms with van der Waals surface area (Å²) < 4.78 is 0. The Morgan fingerprint density at radius 1 is 1.21 bits per heavy atom. The van der Waals surface area contributed by atoms with Gasteiger partial charge in [-0.2, -0.15) is 0 Å². The van der Waals surface area contributed by atoms with Gasteiger partial charge in [0.2, 0.25) is 0 Å². The molecule has 1 fully saturated rings. The third-order valence-electron chi connectivity index (χ3n) is 4.32. The van der Waals surface area contributed by atoms with Crippen LogP contribution in [0.5, 0.6) is 0 Å². The molecule has 1 atom stereocenters. The minimum absolute atomic E-state index is 0.416. The molecular formula is C14H22. The van der Waals surface area contributed by atoms with E-state index in [9.17, 15) is 0 Å². The first kappa shape index (κ1) is 10.0. The second-order valence-corrected chi connectivity index (χ2v) is 6.39. The van der Waals surface area contributed by atoms with Gasteiger partial charge in [-0.1, -0.05) is 51.5 Å². The van der Waals surface area contributed by atoms with Gasteiger partial charge in [-0.25, -0.2) is 0 Å².